The van der Waals surface area contributed by atoms with E-state index in [-0.39, 0.29) is 5.41 Å². The number of anilines is 1. The Morgan fingerprint density at radius 3 is 1.94 bits per heavy atom. The monoisotopic (exact) mass is 247 g/mol. The van der Waals surface area contributed by atoms with Crippen molar-refractivity contribution in [1.29, 1.82) is 0 Å². The fourth-order valence-electron chi connectivity index (χ4n) is 2.56. The molecule has 1 aromatic rings. The van der Waals surface area contributed by atoms with Gasteiger partial charge in [0.1, 0.15) is 0 Å². The van der Waals surface area contributed by atoms with Crippen LogP contribution in [0.3, 0.4) is 0 Å². The van der Waals surface area contributed by atoms with Crippen molar-refractivity contribution in [2.24, 2.45) is 0 Å². The largest absolute Gasteiger partial charge is 0.372 e. The van der Waals surface area contributed by atoms with Crippen LogP contribution < -0.4 is 4.90 Å². The third-order valence-electron chi connectivity index (χ3n) is 3.52. The summed E-state index contributed by atoms with van der Waals surface area (Å²) in [5.74, 6) is 0. The first-order valence-electron chi connectivity index (χ1n) is 6.87. The zero-order valence-electron chi connectivity index (χ0n) is 12.2. The normalized spacial score (nSPS) is 25.3. The molecule has 1 heterocycles. The van der Waals surface area contributed by atoms with E-state index in [9.17, 15) is 0 Å². The van der Waals surface area contributed by atoms with Crippen LogP contribution in [0.2, 0.25) is 0 Å². The molecule has 1 aliphatic rings. The lowest BCUT2D eigenvalue weighted by molar-refractivity contribution is -0.00521. The summed E-state index contributed by atoms with van der Waals surface area (Å²) < 4.78 is 5.77. The fourth-order valence-corrected chi connectivity index (χ4v) is 2.56. The Labute approximate surface area is 111 Å². The summed E-state index contributed by atoms with van der Waals surface area (Å²) in [6.45, 7) is 13.0. The first kappa shape index (κ1) is 13.4. The van der Waals surface area contributed by atoms with Gasteiger partial charge in [0.05, 0.1) is 12.2 Å². The smallest absolute Gasteiger partial charge is 0.0726 e. The molecule has 2 rings (SSSR count). The molecular weight excluding hydrogens is 222 g/mol. The maximum Gasteiger partial charge on any atom is 0.0726 e. The zero-order chi connectivity index (χ0) is 13.3. The lowest BCUT2D eigenvalue weighted by atomic mass is 9.87. The van der Waals surface area contributed by atoms with Gasteiger partial charge >= 0.3 is 0 Å². The average molecular weight is 247 g/mol. The predicted octanol–water partition coefficient (Wildman–Crippen LogP) is 3.60. The van der Waals surface area contributed by atoms with Crippen LogP contribution in [0.5, 0.6) is 0 Å². The van der Waals surface area contributed by atoms with E-state index in [2.05, 4.69) is 63.8 Å². The Hall–Kier alpha value is -1.02. The molecule has 2 nitrogen and oxygen atoms in total. The minimum Gasteiger partial charge on any atom is -0.372 e. The van der Waals surface area contributed by atoms with Crippen LogP contribution in [0.4, 0.5) is 5.69 Å². The van der Waals surface area contributed by atoms with E-state index in [4.69, 9.17) is 4.74 Å². The Bertz CT molecular complexity index is 381. The maximum absolute atomic E-state index is 5.77. The molecule has 0 saturated carbocycles. The number of hydrogen-bond donors (Lipinski definition) is 0. The molecule has 18 heavy (non-hydrogen) atoms. The van der Waals surface area contributed by atoms with Crippen molar-refractivity contribution in [3.05, 3.63) is 29.8 Å². The second-order valence-electron chi connectivity index (χ2n) is 6.46. The van der Waals surface area contributed by atoms with Gasteiger partial charge in [-0.3, -0.25) is 0 Å². The molecular formula is C16H25NO. The predicted molar refractivity (Wildman–Crippen MR) is 77.4 cm³/mol. The van der Waals surface area contributed by atoms with Crippen molar-refractivity contribution in [1.82, 2.24) is 0 Å². The fraction of sp³-hybridized carbons (Fsp3) is 0.625. The Kier molecular flexibility index (Phi) is 3.67. The summed E-state index contributed by atoms with van der Waals surface area (Å²) in [7, 11) is 0. The van der Waals surface area contributed by atoms with Crippen LogP contribution in [0.25, 0.3) is 0 Å². The van der Waals surface area contributed by atoms with E-state index in [0.29, 0.717) is 12.2 Å². The molecule has 2 atom stereocenters. The molecule has 1 saturated heterocycles. The number of rotatable bonds is 1. The molecule has 1 fully saturated rings. The van der Waals surface area contributed by atoms with Gasteiger partial charge in [-0.15, -0.1) is 0 Å². The SMILES string of the molecule is C[C@H]1CN(c2ccc(C(C)(C)C)cc2)C[C@H](C)O1. The minimum atomic E-state index is 0.226. The Morgan fingerprint density at radius 2 is 1.50 bits per heavy atom. The molecule has 100 valence electrons. The highest BCUT2D eigenvalue weighted by atomic mass is 16.5. The lowest BCUT2D eigenvalue weighted by Gasteiger charge is -2.37. The third-order valence-corrected chi connectivity index (χ3v) is 3.52. The molecule has 0 unspecified atom stereocenters. The van der Waals surface area contributed by atoms with Crippen LogP contribution in [-0.4, -0.2) is 25.3 Å². The summed E-state index contributed by atoms with van der Waals surface area (Å²) in [6, 6.07) is 8.98. The lowest BCUT2D eigenvalue weighted by Crippen LogP contribution is -2.45. The van der Waals surface area contributed by atoms with Gasteiger partial charge in [-0.1, -0.05) is 32.9 Å². The van der Waals surface area contributed by atoms with Crippen molar-refractivity contribution in [2.45, 2.75) is 52.2 Å². The second-order valence-corrected chi connectivity index (χ2v) is 6.46. The van der Waals surface area contributed by atoms with E-state index in [0.717, 1.165) is 13.1 Å². The van der Waals surface area contributed by atoms with Crippen molar-refractivity contribution < 1.29 is 4.74 Å². The highest BCUT2D eigenvalue weighted by Gasteiger charge is 2.22. The summed E-state index contributed by atoms with van der Waals surface area (Å²) in [4.78, 5) is 2.42. The number of benzene rings is 1. The maximum atomic E-state index is 5.77. The van der Waals surface area contributed by atoms with Crippen LogP contribution in [0.15, 0.2) is 24.3 Å². The van der Waals surface area contributed by atoms with E-state index in [1.807, 2.05) is 0 Å². The zero-order valence-corrected chi connectivity index (χ0v) is 12.2. The summed E-state index contributed by atoms with van der Waals surface area (Å²) >= 11 is 0. The molecule has 0 radical (unpaired) electrons. The highest BCUT2D eigenvalue weighted by Crippen LogP contribution is 2.26. The van der Waals surface area contributed by atoms with E-state index >= 15 is 0 Å². The van der Waals surface area contributed by atoms with Crippen LogP contribution in [0, 0.1) is 0 Å². The molecule has 0 aromatic heterocycles. The van der Waals surface area contributed by atoms with Crippen LogP contribution in [-0.2, 0) is 10.2 Å². The van der Waals surface area contributed by atoms with Crippen molar-refractivity contribution in [2.75, 3.05) is 18.0 Å². The van der Waals surface area contributed by atoms with Gasteiger partial charge in [0.25, 0.3) is 0 Å². The standard InChI is InChI=1S/C16H25NO/c1-12-10-17(11-13(2)18-12)15-8-6-14(7-9-15)16(3,4)5/h6-9,12-13H,10-11H2,1-5H3/t12-,13-/m0/s1. The molecule has 0 aliphatic carbocycles. The number of nitrogens with zero attached hydrogens (tertiary/aromatic N) is 1. The van der Waals surface area contributed by atoms with Gasteiger partial charge in [0, 0.05) is 18.8 Å². The van der Waals surface area contributed by atoms with Crippen molar-refractivity contribution >= 4 is 5.69 Å². The van der Waals surface area contributed by atoms with Gasteiger partial charge in [-0.25, -0.2) is 0 Å². The number of ether oxygens (including phenoxy) is 1. The topological polar surface area (TPSA) is 12.5 Å². The minimum absolute atomic E-state index is 0.226. The van der Waals surface area contributed by atoms with Gasteiger partial charge in [-0.2, -0.15) is 0 Å². The van der Waals surface area contributed by atoms with E-state index in [1.54, 1.807) is 0 Å². The molecule has 1 aromatic carbocycles. The Balaban J connectivity index is 2.14. The quantitative estimate of drug-likeness (QED) is 0.752. The van der Waals surface area contributed by atoms with Gasteiger partial charge < -0.3 is 9.64 Å². The molecule has 0 amide bonds. The van der Waals surface area contributed by atoms with Crippen LogP contribution in [0.1, 0.15) is 40.2 Å². The van der Waals surface area contributed by atoms with E-state index in [1.165, 1.54) is 11.3 Å². The number of morpholine rings is 1. The van der Waals surface area contributed by atoms with Crippen LogP contribution >= 0.6 is 0 Å². The molecule has 1 aliphatic heterocycles. The first-order valence-corrected chi connectivity index (χ1v) is 6.87. The molecule has 0 N–H and O–H groups in total. The van der Waals surface area contributed by atoms with Gasteiger partial charge in [0.15, 0.2) is 0 Å². The Morgan fingerprint density at radius 1 is 1.00 bits per heavy atom. The highest BCUT2D eigenvalue weighted by molar-refractivity contribution is 5.49. The van der Waals surface area contributed by atoms with Gasteiger partial charge in [-0.05, 0) is 37.0 Å². The average Bonchev–Trinajstić information content (AvgIpc) is 2.27. The molecule has 2 heteroatoms. The number of hydrogen-bond acceptors (Lipinski definition) is 2. The van der Waals surface area contributed by atoms with E-state index < -0.39 is 0 Å². The van der Waals surface area contributed by atoms with Gasteiger partial charge in [0.2, 0.25) is 0 Å². The molecule has 0 bridgehead atoms. The second kappa shape index (κ2) is 4.93. The summed E-state index contributed by atoms with van der Waals surface area (Å²) in [5, 5.41) is 0. The third kappa shape index (κ3) is 3.05. The van der Waals surface area contributed by atoms with Crippen molar-refractivity contribution in [3.8, 4) is 0 Å². The van der Waals surface area contributed by atoms with Crippen molar-refractivity contribution in [3.63, 3.8) is 0 Å². The summed E-state index contributed by atoms with van der Waals surface area (Å²) in [5.41, 5.74) is 2.93. The first-order chi connectivity index (χ1) is 8.36. The molecule has 0 spiro atoms. The summed E-state index contributed by atoms with van der Waals surface area (Å²) in [6.07, 6.45) is 0.632.